The summed E-state index contributed by atoms with van der Waals surface area (Å²) in [5.74, 6) is 0.0840. The summed E-state index contributed by atoms with van der Waals surface area (Å²) in [5.41, 5.74) is 0. The fraction of sp³-hybridized carbons (Fsp3) is 0.833. The van der Waals surface area contributed by atoms with E-state index >= 15 is 0 Å². The van der Waals surface area contributed by atoms with Crippen molar-refractivity contribution in [3.8, 4) is 0 Å². The van der Waals surface area contributed by atoms with Crippen molar-refractivity contribution in [3.05, 3.63) is 0 Å². The first-order valence-electron chi connectivity index (χ1n) is 6.18. The summed E-state index contributed by atoms with van der Waals surface area (Å²) in [6.45, 7) is 1.76. The van der Waals surface area contributed by atoms with Gasteiger partial charge in [0.05, 0.1) is 11.8 Å². The molecular formula is C12H17NO3. The molecule has 4 atom stereocenters. The second-order valence-electron chi connectivity index (χ2n) is 5.48. The van der Waals surface area contributed by atoms with Crippen LogP contribution in [0.4, 0.5) is 0 Å². The molecule has 16 heavy (non-hydrogen) atoms. The Morgan fingerprint density at radius 2 is 1.69 bits per heavy atom. The first kappa shape index (κ1) is 10.1. The number of hydrogen-bond acceptors (Lipinski definition) is 2. The lowest BCUT2D eigenvalue weighted by atomic mass is 10.0. The monoisotopic (exact) mass is 223 g/mol. The maximum Gasteiger partial charge on any atom is 0.307 e. The number of fused-ring (bicyclic) bond motifs is 1. The average molecular weight is 223 g/mol. The number of amides is 1. The van der Waals surface area contributed by atoms with Gasteiger partial charge in [-0.1, -0.05) is 6.42 Å². The van der Waals surface area contributed by atoms with Gasteiger partial charge in [-0.05, 0) is 31.1 Å². The molecule has 4 heteroatoms. The lowest BCUT2D eigenvalue weighted by Gasteiger charge is -2.16. The molecule has 4 unspecified atom stereocenters. The minimum absolute atomic E-state index is 0.0989. The van der Waals surface area contributed by atoms with Gasteiger partial charge in [0.25, 0.3) is 0 Å². The van der Waals surface area contributed by atoms with Gasteiger partial charge >= 0.3 is 5.97 Å². The number of rotatable bonds is 2. The molecule has 2 aliphatic carbocycles. The third-order valence-corrected chi connectivity index (χ3v) is 4.46. The molecule has 0 spiro atoms. The normalized spacial score (nSPS) is 40.9. The predicted octanol–water partition coefficient (Wildman–Crippen LogP) is 0.966. The smallest absolute Gasteiger partial charge is 0.307 e. The number of carboxylic acids is 1. The van der Waals surface area contributed by atoms with Crippen LogP contribution in [-0.2, 0) is 9.59 Å². The average Bonchev–Trinajstić information content (AvgIpc) is 2.75. The van der Waals surface area contributed by atoms with E-state index in [9.17, 15) is 9.59 Å². The van der Waals surface area contributed by atoms with Gasteiger partial charge in [-0.2, -0.15) is 0 Å². The van der Waals surface area contributed by atoms with Crippen LogP contribution >= 0.6 is 0 Å². The van der Waals surface area contributed by atoms with Gasteiger partial charge in [0, 0.05) is 13.1 Å². The zero-order valence-corrected chi connectivity index (χ0v) is 9.26. The molecule has 1 N–H and O–H groups in total. The quantitative estimate of drug-likeness (QED) is 0.758. The fourth-order valence-electron chi connectivity index (χ4n) is 3.39. The Labute approximate surface area is 94.6 Å². The van der Waals surface area contributed by atoms with Crippen molar-refractivity contribution < 1.29 is 14.7 Å². The molecule has 1 saturated heterocycles. The highest BCUT2D eigenvalue weighted by atomic mass is 16.4. The Hall–Kier alpha value is -1.06. The van der Waals surface area contributed by atoms with Gasteiger partial charge in [0.1, 0.15) is 0 Å². The number of carboxylic acid groups (broad SMARTS) is 1. The molecule has 0 radical (unpaired) electrons. The summed E-state index contributed by atoms with van der Waals surface area (Å²) < 4.78 is 0. The maximum atomic E-state index is 12.0. The fourth-order valence-corrected chi connectivity index (χ4v) is 3.39. The number of hydrogen-bond donors (Lipinski definition) is 1. The second-order valence-corrected chi connectivity index (χ2v) is 5.48. The van der Waals surface area contributed by atoms with Crippen molar-refractivity contribution >= 4 is 11.9 Å². The van der Waals surface area contributed by atoms with E-state index in [0.717, 1.165) is 13.1 Å². The largest absolute Gasteiger partial charge is 0.481 e. The van der Waals surface area contributed by atoms with Crippen LogP contribution in [0, 0.1) is 23.7 Å². The lowest BCUT2D eigenvalue weighted by molar-refractivity contribution is -0.141. The van der Waals surface area contributed by atoms with Crippen molar-refractivity contribution in [2.24, 2.45) is 23.7 Å². The van der Waals surface area contributed by atoms with Crippen LogP contribution in [0.3, 0.4) is 0 Å². The van der Waals surface area contributed by atoms with Crippen LogP contribution in [0.25, 0.3) is 0 Å². The second kappa shape index (κ2) is 3.47. The van der Waals surface area contributed by atoms with Crippen LogP contribution in [0.2, 0.25) is 0 Å². The SMILES string of the molecule is O=C(O)C1CC1C(=O)N1CC2CCCC2C1. The van der Waals surface area contributed by atoms with Crippen molar-refractivity contribution in [2.75, 3.05) is 13.1 Å². The maximum absolute atomic E-state index is 12.0. The lowest BCUT2D eigenvalue weighted by Crippen LogP contribution is -2.31. The summed E-state index contributed by atoms with van der Waals surface area (Å²) in [6, 6.07) is 0. The Kier molecular flexibility index (Phi) is 2.19. The molecule has 0 aromatic carbocycles. The molecule has 3 aliphatic rings. The van der Waals surface area contributed by atoms with Crippen LogP contribution < -0.4 is 0 Å². The summed E-state index contributed by atoms with van der Waals surface area (Å²) in [4.78, 5) is 24.7. The Balaban J connectivity index is 1.59. The number of likely N-dealkylation sites (tertiary alicyclic amines) is 1. The van der Waals surface area contributed by atoms with Crippen LogP contribution in [0.5, 0.6) is 0 Å². The Morgan fingerprint density at radius 1 is 1.06 bits per heavy atom. The third-order valence-electron chi connectivity index (χ3n) is 4.46. The molecule has 0 aromatic heterocycles. The van der Waals surface area contributed by atoms with E-state index in [1.807, 2.05) is 4.90 Å². The molecule has 3 rings (SSSR count). The predicted molar refractivity (Wildman–Crippen MR) is 56.6 cm³/mol. The molecule has 0 aromatic rings. The number of aliphatic carboxylic acids is 1. The number of nitrogens with zero attached hydrogens (tertiary/aromatic N) is 1. The van der Waals surface area contributed by atoms with E-state index < -0.39 is 11.9 Å². The minimum Gasteiger partial charge on any atom is -0.481 e. The van der Waals surface area contributed by atoms with E-state index in [4.69, 9.17) is 5.11 Å². The molecule has 3 fully saturated rings. The Morgan fingerprint density at radius 3 is 2.19 bits per heavy atom. The third kappa shape index (κ3) is 1.51. The van der Waals surface area contributed by atoms with Gasteiger partial charge in [-0.25, -0.2) is 0 Å². The van der Waals surface area contributed by atoms with E-state index in [0.29, 0.717) is 18.3 Å². The van der Waals surface area contributed by atoms with Gasteiger partial charge in [-0.15, -0.1) is 0 Å². The standard InChI is InChI=1S/C12H17NO3/c14-11(9-4-10(9)12(15)16)13-5-7-2-1-3-8(7)6-13/h7-10H,1-6H2,(H,15,16). The van der Waals surface area contributed by atoms with Crippen LogP contribution in [-0.4, -0.2) is 35.0 Å². The highest BCUT2D eigenvalue weighted by molar-refractivity contribution is 5.89. The first-order chi connectivity index (χ1) is 7.66. The summed E-state index contributed by atoms with van der Waals surface area (Å²) >= 11 is 0. The molecular weight excluding hydrogens is 206 g/mol. The molecule has 0 bridgehead atoms. The van der Waals surface area contributed by atoms with Crippen molar-refractivity contribution in [3.63, 3.8) is 0 Å². The number of carbonyl (C=O) groups is 2. The highest BCUT2D eigenvalue weighted by Crippen LogP contribution is 2.43. The topological polar surface area (TPSA) is 57.6 Å². The van der Waals surface area contributed by atoms with Crippen molar-refractivity contribution in [1.82, 2.24) is 4.90 Å². The summed E-state index contributed by atoms with van der Waals surface area (Å²) in [6.07, 6.45) is 4.36. The molecule has 2 saturated carbocycles. The van der Waals surface area contributed by atoms with E-state index in [1.165, 1.54) is 19.3 Å². The van der Waals surface area contributed by atoms with Gasteiger partial charge in [0.2, 0.25) is 5.91 Å². The van der Waals surface area contributed by atoms with Gasteiger partial charge in [0.15, 0.2) is 0 Å². The van der Waals surface area contributed by atoms with Crippen LogP contribution in [0.15, 0.2) is 0 Å². The molecule has 88 valence electrons. The van der Waals surface area contributed by atoms with Crippen molar-refractivity contribution in [1.29, 1.82) is 0 Å². The zero-order chi connectivity index (χ0) is 11.3. The molecule has 1 aliphatic heterocycles. The van der Waals surface area contributed by atoms with Gasteiger partial charge in [-0.3, -0.25) is 9.59 Å². The summed E-state index contributed by atoms with van der Waals surface area (Å²) in [5, 5.41) is 8.81. The van der Waals surface area contributed by atoms with Crippen molar-refractivity contribution in [2.45, 2.75) is 25.7 Å². The Bertz CT molecular complexity index is 329. The van der Waals surface area contributed by atoms with E-state index in [1.54, 1.807) is 0 Å². The zero-order valence-electron chi connectivity index (χ0n) is 9.26. The first-order valence-corrected chi connectivity index (χ1v) is 6.18. The molecule has 1 amide bonds. The molecule has 1 heterocycles. The van der Waals surface area contributed by atoms with Gasteiger partial charge < -0.3 is 10.0 Å². The van der Waals surface area contributed by atoms with Crippen LogP contribution in [0.1, 0.15) is 25.7 Å². The van der Waals surface area contributed by atoms with E-state index in [2.05, 4.69) is 0 Å². The van der Waals surface area contributed by atoms with E-state index in [-0.39, 0.29) is 11.8 Å². The summed E-state index contributed by atoms with van der Waals surface area (Å²) in [7, 11) is 0. The number of carbonyl (C=O) groups excluding carboxylic acids is 1. The highest BCUT2D eigenvalue weighted by Gasteiger charge is 2.51. The molecule has 4 nitrogen and oxygen atoms in total. The minimum atomic E-state index is -0.808.